The molecule has 0 unspecified atom stereocenters. The van der Waals surface area contributed by atoms with Gasteiger partial charge in [0.2, 0.25) is 0 Å². The van der Waals surface area contributed by atoms with Crippen LogP contribution in [0.3, 0.4) is 0 Å². The number of pyridine rings is 1. The van der Waals surface area contributed by atoms with Crippen molar-refractivity contribution in [2.75, 3.05) is 6.61 Å². The Balaban J connectivity index is 1.83. The lowest BCUT2D eigenvalue weighted by molar-refractivity contribution is -0.116. The monoisotopic (exact) mass is 316 g/mol. The Hall–Kier alpha value is -2.67. The summed E-state index contributed by atoms with van der Waals surface area (Å²) in [5, 5.41) is 0. The SMILES string of the molecule is O=C(NS(=O)(=O)c1cccnc1)C1=Cc2ccccc2OC1. The maximum absolute atomic E-state index is 12.1. The van der Waals surface area contributed by atoms with E-state index < -0.39 is 15.9 Å². The van der Waals surface area contributed by atoms with Crippen molar-refractivity contribution in [2.24, 2.45) is 0 Å². The van der Waals surface area contributed by atoms with E-state index in [0.717, 1.165) is 5.56 Å². The summed E-state index contributed by atoms with van der Waals surface area (Å²) >= 11 is 0. The molecule has 0 saturated carbocycles. The van der Waals surface area contributed by atoms with Crippen LogP contribution >= 0.6 is 0 Å². The second kappa shape index (κ2) is 5.61. The van der Waals surface area contributed by atoms with Crippen molar-refractivity contribution in [1.29, 1.82) is 0 Å². The van der Waals surface area contributed by atoms with Crippen molar-refractivity contribution < 1.29 is 17.9 Å². The molecule has 0 bridgehead atoms. The molecule has 1 aromatic heterocycles. The molecule has 7 heteroatoms. The molecule has 0 fully saturated rings. The molecule has 0 radical (unpaired) electrons. The number of rotatable bonds is 3. The molecule has 1 aliphatic heterocycles. The molecule has 0 saturated heterocycles. The molecule has 6 nitrogen and oxygen atoms in total. The van der Waals surface area contributed by atoms with Gasteiger partial charge in [-0.05, 0) is 24.3 Å². The van der Waals surface area contributed by atoms with Crippen molar-refractivity contribution in [2.45, 2.75) is 4.90 Å². The van der Waals surface area contributed by atoms with Crippen LogP contribution in [0.25, 0.3) is 6.08 Å². The van der Waals surface area contributed by atoms with Gasteiger partial charge in [-0.3, -0.25) is 9.78 Å². The first-order chi connectivity index (χ1) is 10.6. The number of nitrogens with one attached hydrogen (secondary N) is 1. The van der Waals surface area contributed by atoms with Crippen LogP contribution in [0.2, 0.25) is 0 Å². The number of carbonyl (C=O) groups is 1. The van der Waals surface area contributed by atoms with Crippen molar-refractivity contribution >= 4 is 22.0 Å². The van der Waals surface area contributed by atoms with Crippen molar-refractivity contribution in [1.82, 2.24) is 9.71 Å². The van der Waals surface area contributed by atoms with Crippen molar-refractivity contribution in [3.8, 4) is 5.75 Å². The zero-order chi connectivity index (χ0) is 15.6. The quantitative estimate of drug-likeness (QED) is 0.924. The van der Waals surface area contributed by atoms with Gasteiger partial charge < -0.3 is 4.74 Å². The summed E-state index contributed by atoms with van der Waals surface area (Å²) in [7, 11) is -3.94. The lowest BCUT2D eigenvalue weighted by Gasteiger charge is -2.17. The van der Waals surface area contributed by atoms with Crippen LogP contribution in [0.4, 0.5) is 0 Å². The average molecular weight is 316 g/mol. The fraction of sp³-hybridized carbons (Fsp3) is 0.0667. The van der Waals surface area contributed by atoms with E-state index in [-0.39, 0.29) is 17.1 Å². The second-order valence-corrected chi connectivity index (χ2v) is 6.30. The molecule has 0 aliphatic carbocycles. The van der Waals surface area contributed by atoms with Gasteiger partial charge in [-0.1, -0.05) is 18.2 Å². The molecule has 3 rings (SSSR count). The molecule has 2 aromatic rings. The largest absolute Gasteiger partial charge is 0.488 e. The summed E-state index contributed by atoms with van der Waals surface area (Å²) in [6.07, 6.45) is 4.25. The highest BCUT2D eigenvalue weighted by atomic mass is 32.2. The predicted molar refractivity (Wildman–Crippen MR) is 79.5 cm³/mol. The normalized spacial score (nSPS) is 13.5. The van der Waals surface area contributed by atoms with Crippen LogP contribution in [-0.2, 0) is 14.8 Å². The summed E-state index contributed by atoms with van der Waals surface area (Å²) in [5.41, 5.74) is 0.976. The molecule has 112 valence electrons. The fourth-order valence-electron chi connectivity index (χ4n) is 2.00. The maximum atomic E-state index is 12.1. The fourth-order valence-corrected chi connectivity index (χ4v) is 2.95. The van der Waals surface area contributed by atoms with Gasteiger partial charge in [0.05, 0.1) is 5.57 Å². The number of fused-ring (bicyclic) bond motifs is 1. The van der Waals surface area contributed by atoms with Gasteiger partial charge in [0.1, 0.15) is 17.3 Å². The molecule has 1 amide bonds. The third-order valence-corrected chi connectivity index (χ3v) is 4.41. The minimum absolute atomic E-state index is 0.0193. The van der Waals surface area contributed by atoms with E-state index in [1.165, 1.54) is 24.5 Å². The molecular formula is C15H12N2O4S. The number of para-hydroxylation sites is 1. The molecule has 1 N–H and O–H groups in total. The van der Waals surface area contributed by atoms with Crippen LogP contribution in [0, 0.1) is 0 Å². The van der Waals surface area contributed by atoms with E-state index in [1.54, 1.807) is 18.2 Å². The lowest BCUT2D eigenvalue weighted by atomic mass is 10.1. The zero-order valence-electron chi connectivity index (χ0n) is 11.4. The van der Waals surface area contributed by atoms with Crippen LogP contribution in [-0.4, -0.2) is 25.9 Å². The van der Waals surface area contributed by atoms with E-state index >= 15 is 0 Å². The van der Waals surface area contributed by atoms with Gasteiger partial charge in [0.15, 0.2) is 0 Å². The number of hydrogen-bond donors (Lipinski definition) is 1. The van der Waals surface area contributed by atoms with E-state index in [4.69, 9.17) is 4.74 Å². The molecule has 1 aliphatic rings. The Morgan fingerprint density at radius 3 is 2.77 bits per heavy atom. The first-order valence-electron chi connectivity index (χ1n) is 6.46. The van der Waals surface area contributed by atoms with Crippen LogP contribution in [0.1, 0.15) is 5.56 Å². The van der Waals surface area contributed by atoms with Gasteiger partial charge >= 0.3 is 0 Å². The maximum Gasteiger partial charge on any atom is 0.265 e. The summed E-state index contributed by atoms with van der Waals surface area (Å²) in [5.74, 6) is -0.0486. The van der Waals surface area contributed by atoms with Crippen LogP contribution in [0.5, 0.6) is 5.75 Å². The van der Waals surface area contributed by atoms with Gasteiger partial charge in [-0.2, -0.15) is 0 Å². The lowest BCUT2D eigenvalue weighted by Crippen LogP contribution is -2.33. The standard InChI is InChI=1S/C15H12N2O4S/c18-15(17-22(19,20)13-5-3-7-16-9-13)12-8-11-4-1-2-6-14(11)21-10-12/h1-9H,10H2,(H,17,18). The minimum Gasteiger partial charge on any atom is -0.488 e. The third kappa shape index (κ3) is 2.84. The van der Waals surface area contributed by atoms with Crippen molar-refractivity contribution in [3.63, 3.8) is 0 Å². The highest BCUT2D eigenvalue weighted by molar-refractivity contribution is 7.90. The van der Waals surface area contributed by atoms with E-state index in [9.17, 15) is 13.2 Å². The number of aromatic nitrogens is 1. The van der Waals surface area contributed by atoms with E-state index in [2.05, 4.69) is 4.98 Å². The molecule has 0 spiro atoms. The van der Waals surface area contributed by atoms with Crippen LogP contribution < -0.4 is 9.46 Å². The van der Waals surface area contributed by atoms with E-state index in [1.807, 2.05) is 16.9 Å². The minimum atomic E-state index is -3.94. The van der Waals surface area contributed by atoms with Gasteiger partial charge in [0.25, 0.3) is 15.9 Å². The summed E-state index contributed by atoms with van der Waals surface area (Å²) in [6, 6.07) is 10.1. The van der Waals surface area contributed by atoms with Crippen LogP contribution in [0.15, 0.2) is 59.3 Å². The zero-order valence-corrected chi connectivity index (χ0v) is 12.2. The first-order valence-corrected chi connectivity index (χ1v) is 7.94. The Labute approximate surface area is 127 Å². The number of sulfonamides is 1. The highest BCUT2D eigenvalue weighted by Gasteiger charge is 2.23. The topological polar surface area (TPSA) is 85.4 Å². The van der Waals surface area contributed by atoms with Gasteiger partial charge in [-0.25, -0.2) is 13.1 Å². The molecular weight excluding hydrogens is 304 g/mol. The predicted octanol–water partition coefficient (Wildman–Crippen LogP) is 1.36. The second-order valence-electron chi connectivity index (χ2n) is 4.62. The first kappa shape index (κ1) is 14.3. The molecule has 22 heavy (non-hydrogen) atoms. The smallest absolute Gasteiger partial charge is 0.265 e. The number of carbonyl (C=O) groups excluding carboxylic acids is 1. The summed E-state index contributed by atoms with van der Waals surface area (Å²) < 4.78 is 31.6. The van der Waals surface area contributed by atoms with Gasteiger partial charge in [-0.15, -0.1) is 0 Å². The third-order valence-electron chi connectivity index (χ3n) is 3.10. The Kier molecular flexibility index (Phi) is 3.64. The number of amides is 1. The Morgan fingerprint density at radius 1 is 1.18 bits per heavy atom. The number of ether oxygens (including phenoxy) is 1. The number of hydrogen-bond acceptors (Lipinski definition) is 5. The summed E-state index contributed by atoms with van der Waals surface area (Å²) in [4.78, 5) is 15.8. The average Bonchev–Trinajstić information content (AvgIpc) is 2.55. The molecule has 0 atom stereocenters. The number of benzene rings is 1. The van der Waals surface area contributed by atoms with Crippen molar-refractivity contribution in [3.05, 3.63) is 59.9 Å². The Morgan fingerprint density at radius 2 is 2.00 bits per heavy atom. The Bertz CT molecular complexity index is 845. The van der Waals surface area contributed by atoms with Gasteiger partial charge in [0, 0.05) is 18.0 Å². The summed E-state index contributed by atoms with van der Waals surface area (Å²) in [6.45, 7) is 0.0193. The highest BCUT2D eigenvalue weighted by Crippen LogP contribution is 2.25. The molecule has 1 aromatic carbocycles. The number of nitrogens with zero attached hydrogens (tertiary/aromatic N) is 1. The molecule has 2 heterocycles. The van der Waals surface area contributed by atoms with E-state index in [0.29, 0.717) is 5.75 Å².